The predicted octanol–water partition coefficient (Wildman–Crippen LogP) is 1.23. The van der Waals surface area contributed by atoms with Crippen LogP contribution in [0.1, 0.15) is 24.8 Å². The maximum absolute atomic E-state index is 10.9. The van der Waals surface area contributed by atoms with E-state index in [-0.39, 0.29) is 18.3 Å². The molecule has 1 aliphatic rings. The van der Waals surface area contributed by atoms with Crippen LogP contribution in [0.15, 0.2) is 18.2 Å². The third-order valence-electron chi connectivity index (χ3n) is 3.79. The predicted molar refractivity (Wildman–Crippen MR) is 76.0 cm³/mol. The number of nitrogens with one attached hydrogen (secondary N) is 1. The number of hydrogen-bond acceptors (Lipinski definition) is 6. The van der Waals surface area contributed by atoms with E-state index in [2.05, 4.69) is 10.3 Å². The summed E-state index contributed by atoms with van der Waals surface area (Å²) in [6.07, 6.45) is 3.15. The highest BCUT2D eigenvalue weighted by Crippen LogP contribution is 2.26. The number of nitrogens with two attached hydrogens (primary N) is 1. The van der Waals surface area contributed by atoms with E-state index in [0.29, 0.717) is 12.2 Å². The van der Waals surface area contributed by atoms with Gasteiger partial charge in [-0.1, -0.05) is 6.42 Å². The summed E-state index contributed by atoms with van der Waals surface area (Å²) in [5.41, 5.74) is 4.08. The molecule has 1 aromatic rings. The molecule has 0 saturated carbocycles. The van der Waals surface area contributed by atoms with Crippen LogP contribution in [0.3, 0.4) is 0 Å². The van der Waals surface area contributed by atoms with Gasteiger partial charge in [0.1, 0.15) is 0 Å². The van der Waals surface area contributed by atoms with E-state index >= 15 is 0 Å². The summed E-state index contributed by atoms with van der Waals surface area (Å²) in [5, 5.41) is 20.3. The van der Waals surface area contributed by atoms with Crippen molar-refractivity contribution in [2.75, 3.05) is 18.6 Å². The van der Waals surface area contributed by atoms with Crippen molar-refractivity contribution in [1.82, 2.24) is 4.90 Å². The normalized spacial score (nSPS) is 19.8. The fourth-order valence-corrected chi connectivity index (χ4v) is 2.66. The van der Waals surface area contributed by atoms with Gasteiger partial charge in [0, 0.05) is 24.7 Å². The van der Waals surface area contributed by atoms with Crippen LogP contribution in [0.25, 0.3) is 0 Å². The highest BCUT2D eigenvalue weighted by Gasteiger charge is 2.23. The summed E-state index contributed by atoms with van der Waals surface area (Å²) >= 11 is 0. The van der Waals surface area contributed by atoms with E-state index < -0.39 is 4.92 Å². The average molecular weight is 280 g/mol. The number of nitro benzene ring substituents is 1. The van der Waals surface area contributed by atoms with Gasteiger partial charge in [-0.05, 0) is 31.0 Å². The summed E-state index contributed by atoms with van der Waals surface area (Å²) in [7, 11) is 0. The lowest BCUT2D eigenvalue weighted by Gasteiger charge is -2.34. The van der Waals surface area contributed by atoms with Gasteiger partial charge >= 0.3 is 0 Å². The molecule has 7 heteroatoms. The lowest BCUT2D eigenvalue weighted by molar-refractivity contribution is -0.384. The number of hydrazine groups is 1. The van der Waals surface area contributed by atoms with Crippen molar-refractivity contribution in [2.45, 2.75) is 31.8 Å². The van der Waals surface area contributed by atoms with Crippen molar-refractivity contribution >= 4 is 11.4 Å². The molecule has 1 aliphatic heterocycles. The van der Waals surface area contributed by atoms with E-state index in [9.17, 15) is 15.2 Å². The number of rotatable bonds is 5. The SMILES string of the molecule is NNc1ccc([N+](=O)[O-])cc1CN1CCCCC1CO. The van der Waals surface area contributed by atoms with Crippen LogP contribution in [0.5, 0.6) is 0 Å². The zero-order chi connectivity index (χ0) is 14.5. The van der Waals surface area contributed by atoms with Crippen molar-refractivity contribution in [1.29, 1.82) is 0 Å². The Balaban J connectivity index is 2.21. The minimum atomic E-state index is -0.413. The highest BCUT2D eigenvalue weighted by molar-refractivity contribution is 5.55. The number of anilines is 1. The van der Waals surface area contributed by atoms with Crippen LogP contribution in [0, 0.1) is 10.1 Å². The topological polar surface area (TPSA) is 105 Å². The van der Waals surface area contributed by atoms with Gasteiger partial charge < -0.3 is 10.5 Å². The van der Waals surface area contributed by atoms with E-state index in [1.165, 1.54) is 12.1 Å². The van der Waals surface area contributed by atoms with Gasteiger partial charge in [-0.15, -0.1) is 0 Å². The molecule has 0 amide bonds. The summed E-state index contributed by atoms with van der Waals surface area (Å²) in [5.74, 6) is 5.46. The molecule has 1 unspecified atom stereocenters. The summed E-state index contributed by atoms with van der Waals surface area (Å²) in [6.45, 7) is 1.55. The Morgan fingerprint density at radius 3 is 2.95 bits per heavy atom. The average Bonchev–Trinajstić information content (AvgIpc) is 2.47. The zero-order valence-electron chi connectivity index (χ0n) is 11.3. The maximum atomic E-state index is 10.9. The monoisotopic (exact) mass is 280 g/mol. The number of likely N-dealkylation sites (tertiary alicyclic amines) is 1. The number of benzene rings is 1. The lowest BCUT2D eigenvalue weighted by Crippen LogP contribution is -2.41. The van der Waals surface area contributed by atoms with Crippen LogP contribution in [-0.4, -0.2) is 34.1 Å². The molecule has 0 bridgehead atoms. The van der Waals surface area contributed by atoms with Crippen molar-refractivity contribution in [3.8, 4) is 0 Å². The number of nitro groups is 1. The standard InChI is InChI=1S/C13H20N4O3/c14-15-13-5-4-11(17(19)20)7-10(13)8-16-6-2-1-3-12(16)9-18/h4-5,7,12,15,18H,1-3,6,8-9,14H2. The number of nitrogens with zero attached hydrogens (tertiary/aromatic N) is 2. The Hall–Kier alpha value is -1.70. The van der Waals surface area contributed by atoms with Crippen LogP contribution in [-0.2, 0) is 6.54 Å². The molecule has 1 atom stereocenters. The Labute approximate surface area is 117 Å². The van der Waals surface area contributed by atoms with Gasteiger partial charge in [-0.2, -0.15) is 0 Å². The minimum absolute atomic E-state index is 0.0524. The first-order valence-electron chi connectivity index (χ1n) is 6.74. The zero-order valence-corrected chi connectivity index (χ0v) is 11.3. The minimum Gasteiger partial charge on any atom is -0.395 e. The molecule has 1 aromatic carbocycles. The van der Waals surface area contributed by atoms with E-state index in [4.69, 9.17) is 5.84 Å². The van der Waals surface area contributed by atoms with Crippen LogP contribution in [0.4, 0.5) is 11.4 Å². The highest BCUT2D eigenvalue weighted by atomic mass is 16.6. The number of aliphatic hydroxyl groups excluding tert-OH is 1. The molecule has 1 saturated heterocycles. The first kappa shape index (κ1) is 14.7. The first-order valence-corrected chi connectivity index (χ1v) is 6.74. The van der Waals surface area contributed by atoms with Crippen LogP contribution >= 0.6 is 0 Å². The molecule has 0 spiro atoms. The van der Waals surface area contributed by atoms with E-state index in [0.717, 1.165) is 31.4 Å². The molecule has 110 valence electrons. The molecule has 1 fully saturated rings. The number of nitrogen functional groups attached to an aromatic ring is 1. The number of hydrogen-bond donors (Lipinski definition) is 3. The fourth-order valence-electron chi connectivity index (χ4n) is 2.66. The smallest absolute Gasteiger partial charge is 0.269 e. The summed E-state index contributed by atoms with van der Waals surface area (Å²) < 4.78 is 0. The molecule has 20 heavy (non-hydrogen) atoms. The van der Waals surface area contributed by atoms with Gasteiger partial charge in [-0.25, -0.2) is 0 Å². The quantitative estimate of drug-likeness (QED) is 0.425. The Kier molecular flexibility index (Phi) is 4.89. The Morgan fingerprint density at radius 2 is 2.30 bits per heavy atom. The molecule has 7 nitrogen and oxygen atoms in total. The van der Waals surface area contributed by atoms with Gasteiger partial charge in [0.2, 0.25) is 0 Å². The molecule has 1 heterocycles. The Bertz CT molecular complexity index is 481. The second-order valence-corrected chi connectivity index (χ2v) is 5.05. The maximum Gasteiger partial charge on any atom is 0.269 e. The molecule has 4 N–H and O–H groups in total. The van der Waals surface area contributed by atoms with E-state index in [1.807, 2.05) is 0 Å². The second kappa shape index (κ2) is 6.65. The van der Waals surface area contributed by atoms with E-state index in [1.54, 1.807) is 6.07 Å². The summed E-state index contributed by atoms with van der Waals surface area (Å²) in [6, 6.07) is 4.70. The molecule has 0 aliphatic carbocycles. The molecule has 2 rings (SSSR count). The van der Waals surface area contributed by atoms with Gasteiger partial charge in [0.05, 0.1) is 17.2 Å². The molecular weight excluding hydrogens is 260 g/mol. The van der Waals surface area contributed by atoms with Gasteiger partial charge in [-0.3, -0.25) is 20.9 Å². The number of piperidine rings is 1. The second-order valence-electron chi connectivity index (χ2n) is 5.05. The van der Waals surface area contributed by atoms with Gasteiger partial charge in [0.25, 0.3) is 5.69 Å². The third kappa shape index (κ3) is 3.24. The fraction of sp³-hybridized carbons (Fsp3) is 0.538. The van der Waals surface area contributed by atoms with Crippen molar-refractivity contribution in [3.05, 3.63) is 33.9 Å². The summed E-state index contributed by atoms with van der Waals surface area (Å²) in [4.78, 5) is 12.6. The molecular formula is C13H20N4O3. The van der Waals surface area contributed by atoms with Crippen LogP contribution in [0.2, 0.25) is 0 Å². The molecule has 0 aromatic heterocycles. The third-order valence-corrected chi connectivity index (χ3v) is 3.79. The lowest BCUT2D eigenvalue weighted by atomic mass is 10.0. The van der Waals surface area contributed by atoms with Crippen molar-refractivity contribution in [3.63, 3.8) is 0 Å². The Morgan fingerprint density at radius 1 is 1.50 bits per heavy atom. The van der Waals surface area contributed by atoms with Crippen molar-refractivity contribution < 1.29 is 10.0 Å². The van der Waals surface area contributed by atoms with Crippen molar-refractivity contribution in [2.24, 2.45) is 5.84 Å². The van der Waals surface area contributed by atoms with Crippen LogP contribution < -0.4 is 11.3 Å². The molecule has 0 radical (unpaired) electrons. The first-order chi connectivity index (χ1) is 9.65. The largest absolute Gasteiger partial charge is 0.395 e. The number of aliphatic hydroxyl groups is 1. The number of non-ortho nitro benzene ring substituents is 1. The van der Waals surface area contributed by atoms with Gasteiger partial charge in [0.15, 0.2) is 0 Å².